The normalized spacial score (nSPS) is 14.1. The molecule has 11 heteroatoms. The SMILES string of the molecule is CCOC(=O)N1CCN(C(=O)Cn2cnc3onc(-c4ccc(Cl)cc4)c3c2=O)CC1. The Morgan fingerprint density at radius 3 is 2.48 bits per heavy atom. The lowest BCUT2D eigenvalue weighted by molar-refractivity contribution is -0.133. The van der Waals surface area contributed by atoms with Crippen LogP contribution in [0.1, 0.15) is 6.92 Å². The Hall–Kier alpha value is -3.40. The highest BCUT2D eigenvalue weighted by Crippen LogP contribution is 2.25. The molecule has 0 N–H and O–H groups in total. The van der Waals surface area contributed by atoms with Crippen LogP contribution in [0.2, 0.25) is 5.02 Å². The Kier molecular flexibility index (Phi) is 5.90. The predicted octanol–water partition coefficient (Wildman–Crippen LogP) is 2.01. The summed E-state index contributed by atoms with van der Waals surface area (Å²) in [4.78, 5) is 44.9. The number of halogens is 1. The fourth-order valence-electron chi connectivity index (χ4n) is 3.40. The van der Waals surface area contributed by atoms with Crippen molar-refractivity contribution < 1.29 is 18.8 Å². The first kappa shape index (κ1) is 20.9. The summed E-state index contributed by atoms with van der Waals surface area (Å²) < 4.78 is 11.4. The monoisotopic (exact) mass is 445 g/mol. The van der Waals surface area contributed by atoms with Gasteiger partial charge in [0.15, 0.2) is 0 Å². The van der Waals surface area contributed by atoms with Crippen molar-refractivity contribution >= 4 is 34.7 Å². The maximum absolute atomic E-state index is 13.0. The molecule has 3 heterocycles. The number of hydrogen-bond acceptors (Lipinski definition) is 7. The number of piperazine rings is 1. The number of carbonyl (C=O) groups excluding carboxylic acids is 2. The predicted molar refractivity (Wildman–Crippen MR) is 112 cm³/mol. The van der Waals surface area contributed by atoms with Crippen LogP contribution in [0.4, 0.5) is 4.79 Å². The summed E-state index contributed by atoms with van der Waals surface area (Å²) in [5, 5.41) is 4.72. The van der Waals surface area contributed by atoms with Gasteiger partial charge < -0.3 is 19.1 Å². The molecule has 2 aromatic heterocycles. The molecule has 10 nitrogen and oxygen atoms in total. The van der Waals surface area contributed by atoms with E-state index in [2.05, 4.69) is 10.1 Å². The zero-order chi connectivity index (χ0) is 22.0. The Morgan fingerprint density at radius 2 is 1.81 bits per heavy atom. The minimum Gasteiger partial charge on any atom is -0.450 e. The third kappa shape index (κ3) is 4.24. The van der Waals surface area contributed by atoms with E-state index in [-0.39, 0.29) is 29.6 Å². The number of fused-ring (bicyclic) bond motifs is 1. The maximum atomic E-state index is 13.0. The molecular formula is C20H20ClN5O5. The molecule has 4 rings (SSSR count). The molecule has 2 amide bonds. The average Bonchev–Trinajstić information content (AvgIpc) is 3.21. The van der Waals surface area contributed by atoms with E-state index in [0.29, 0.717) is 49.1 Å². The van der Waals surface area contributed by atoms with Gasteiger partial charge in [-0.05, 0) is 19.1 Å². The lowest BCUT2D eigenvalue weighted by atomic mass is 10.1. The Labute approximate surface area is 181 Å². The summed E-state index contributed by atoms with van der Waals surface area (Å²) >= 11 is 5.93. The molecule has 3 aromatic rings. The third-order valence-corrected chi connectivity index (χ3v) is 5.30. The summed E-state index contributed by atoms with van der Waals surface area (Å²) in [6.07, 6.45) is 0.886. The summed E-state index contributed by atoms with van der Waals surface area (Å²) in [6.45, 7) is 3.36. The summed E-state index contributed by atoms with van der Waals surface area (Å²) in [7, 11) is 0. The summed E-state index contributed by atoms with van der Waals surface area (Å²) in [5.74, 6) is -0.240. The molecule has 1 aromatic carbocycles. The number of amides is 2. The van der Waals surface area contributed by atoms with Crippen LogP contribution < -0.4 is 5.56 Å². The van der Waals surface area contributed by atoms with Gasteiger partial charge in [0.25, 0.3) is 11.3 Å². The van der Waals surface area contributed by atoms with Crippen LogP contribution in [0.15, 0.2) is 39.9 Å². The molecule has 162 valence electrons. The lowest BCUT2D eigenvalue weighted by Gasteiger charge is -2.34. The van der Waals surface area contributed by atoms with Gasteiger partial charge in [0.05, 0.1) is 6.61 Å². The first-order valence-corrected chi connectivity index (χ1v) is 10.2. The number of nitrogens with zero attached hydrogens (tertiary/aromatic N) is 5. The van der Waals surface area contributed by atoms with Crippen molar-refractivity contribution in [2.45, 2.75) is 13.5 Å². The minimum atomic E-state index is -0.422. The minimum absolute atomic E-state index is 0.0988. The van der Waals surface area contributed by atoms with Crippen LogP contribution in [0.5, 0.6) is 0 Å². The fraction of sp³-hybridized carbons (Fsp3) is 0.350. The smallest absolute Gasteiger partial charge is 0.409 e. The summed E-state index contributed by atoms with van der Waals surface area (Å²) in [5.41, 5.74) is 0.673. The highest BCUT2D eigenvalue weighted by atomic mass is 35.5. The van der Waals surface area contributed by atoms with Crippen LogP contribution in [0.25, 0.3) is 22.4 Å². The molecule has 0 radical (unpaired) electrons. The van der Waals surface area contributed by atoms with Crippen LogP contribution in [0.3, 0.4) is 0 Å². The summed E-state index contributed by atoms with van der Waals surface area (Å²) in [6, 6.07) is 6.83. The Morgan fingerprint density at radius 1 is 1.13 bits per heavy atom. The molecule has 31 heavy (non-hydrogen) atoms. The topological polar surface area (TPSA) is 111 Å². The number of rotatable bonds is 4. The molecule has 0 aliphatic carbocycles. The second-order valence-electron chi connectivity index (χ2n) is 6.96. The van der Waals surface area contributed by atoms with Crippen molar-refractivity contribution in [3.8, 4) is 11.3 Å². The van der Waals surface area contributed by atoms with Crippen LogP contribution in [-0.4, -0.2) is 69.3 Å². The van der Waals surface area contributed by atoms with Crippen molar-refractivity contribution in [1.29, 1.82) is 0 Å². The van der Waals surface area contributed by atoms with Gasteiger partial charge in [0, 0.05) is 36.8 Å². The van der Waals surface area contributed by atoms with E-state index in [9.17, 15) is 14.4 Å². The number of hydrogen-bond donors (Lipinski definition) is 0. The number of aromatic nitrogens is 3. The largest absolute Gasteiger partial charge is 0.450 e. The van der Waals surface area contributed by atoms with Gasteiger partial charge in [-0.1, -0.05) is 28.9 Å². The number of carbonyl (C=O) groups is 2. The maximum Gasteiger partial charge on any atom is 0.409 e. The average molecular weight is 446 g/mol. The lowest BCUT2D eigenvalue weighted by Crippen LogP contribution is -2.51. The van der Waals surface area contributed by atoms with E-state index in [0.717, 1.165) is 0 Å². The van der Waals surface area contributed by atoms with E-state index >= 15 is 0 Å². The van der Waals surface area contributed by atoms with E-state index in [1.807, 2.05) is 0 Å². The van der Waals surface area contributed by atoms with Gasteiger partial charge in [-0.2, -0.15) is 0 Å². The van der Waals surface area contributed by atoms with Gasteiger partial charge >= 0.3 is 6.09 Å². The zero-order valence-corrected chi connectivity index (χ0v) is 17.5. The van der Waals surface area contributed by atoms with Crippen molar-refractivity contribution in [2.75, 3.05) is 32.8 Å². The highest BCUT2D eigenvalue weighted by molar-refractivity contribution is 6.30. The fourth-order valence-corrected chi connectivity index (χ4v) is 3.52. The van der Waals surface area contributed by atoms with Gasteiger partial charge in [-0.15, -0.1) is 0 Å². The van der Waals surface area contributed by atoms with Crippen molar-refractivity contribution in [3.05, 3.63) is 46.0 Å². The van der Waals surface area contributed by atoms with Gasteiger partial charge in [-0.3, -0.25) is 14.2 Å². The van der Waals surface area contributed by atoms with Crippen LogP contribution in [0, 0.1) is 0 Å². The second kappa shape index (κ2) is 8.76. The molecule has 1 fully saturated rings. The molecule has 0 atom stereocenters. The number of benzene rings is 1. The third-order valence-electron chi connectivity index (χ3n) is 5.04. The van der Waals surface area contributed by atoms with Gasteiger partial charge in [0.2, 0.25) is 5.91 Å². The molecule has 0 bridgehead atoms. The van der Waals surface area contributed by atoms with E-state index in [4.69, 9.17) is 20.9 Å². The first-order chi connectivity index (χ1) is 15.0. The van der Waals surface area contributed by atoms with Gasteiger partial charge in [0.1, 0.15) is 24.0 Å². The Bertz CT molecular complexity index is 1160. The first-order valence-electron chi connectivity index (χ1n) is 9.78. The molecule has 0 unspecified atom stereocenters. The molecule has 1 saturated heterocycles. The highest BCUT2D eigenvalue weighted by Gasteiger charge is 2.25. The molecule has 0 saturated carbocycles. The van der Waals surface area contributed by atoms with Crippen molar-refractivity contribution in [3.63, 3.8) is 0 Å². The molecular weight excluding hydrogens is 426 g/mol. The molecule has 0 spiro atoms. The van der Waals surface area contributed by atoms with Crippen molar-refractivity contribution in [2.24, 2.45) is 0 Å². The standard InChI is InChI=1S/C20H20ClN5O5/c1-2-30-20(29)25-9-7-24(8-10-25)15(27)11-26-12-22-18-16(19(26)28)17(23-31-18)13-3-5-14(21)6-4-13/h3-6,12H,2,7-11H2,1H3. The Balaban J connectivity index is 1.51. The zero-order valence-electron chi connectivity index (χ0n) is 16.8. The van der Waals surface area contributed by atoms with Crippen LogP contribution >= 0.6 is 11.6 Å². The van der Waals surface area contributed by atoms with E-state index < -0.39 is 5.56 Å². The van der Waals surface area contributed by atoms with Gasteiger partial charge in [-0.25, -0.2) is 9.78 Å². The number of ether oxygens (including phenoxy) is 1. The van der Waals surface area contributed by atoms with E-state index in [1.165, 1.54) is 10.9 Å². The van der Waals surface area contributed by atoms with E-state index in [1.54, 1.807) is 41.0 Å². The van der Waals surface area contributed by atoms with Crippen molar-refractivity contribution in [1.82, 2.24) is 24.5 Å². The quantitative estimate of drug-likeness (QED) is 0.603. The molecule has 1 aliphatic heterocycles. The van der Waals surface area contributed by atoms with Crippen LogP contribution in [-0.2, 0) is 16.1 Å². The second-order valence-corrected chi connectivity index (χ2v) is 7.40. The molecule has 1 aliphatic rings.